The molecule has 2 rings (SSSR count). The van der Waals surface area contributed by atoms with Crippen molar-refractivity contribution in [3.63, 3.8) is 0 Å². The first-order chi connectivity index (χ1) is 6.72. The third-order valence-corrected chi connectivity index (χ3v) is 4.23. The van der Waals surface area contributed by atoms with E-state index in [1.54, 1.807) is 0 Å². The van der Waals surface area contributed by atoms with Gasteiger partial charge in [-0.2, -0.15) is 0 Å². The van der Waals surface area contributed by atoms with Crippen LogP contribution < -0.4 is 5.73 Å². The van der Waals surface area contributed by atoms with Crippen LogP contribution in [0.1, 0.15) is 39.5 Å². The van der Waals surface area contributed by atoms with Gasteiger partial charge in [0.15, 0.2) is 0 Å². The third kappa shape index (κ3) is 2.12. The molecule has 0 aromatic carbocycles. The van der Waals surface area contributed by atoms with E-state index in [1.807, 2.05) is 0 Å². The van der Waals surface area contributed by atoms with Gasteiger partial charge in [-0.25, -0.2) is 0 Å². The molecule has 2 nitrogen and oxygen atoms in total. The maximum Gasteiger partial charge on any atom is 0.00953 e. The monoisotopic (exact) mass is 196 g/mol. The van der Waals surface area contributed by atoms with Crippen LogP contribution in [-0.2, 0) is 0 Å². The smallest absolute Gasteiger partial charge is 0.00953 e. The quantitative estimate of drug-likeness (QED) is 0.746. The molecule has 2 heteroatoms. The van der Waals surface area contributed by atoms with Gasteiger partial charge in [0.1, 0.15) is 0 Å². The van der Waals surface area contributed by atoms with Crippen molar-refractivity contribution in [3.05, 3.63) is 0 Å². The van der Waals surface area contributed by atoms with Gasteiger partial charge < -0.3 is 5.73 Å². The van der Waals surface area contributed by atoms with Crippen molar-refractivity contribution in [2.24, 2.45) is 17.6 Å². The summed E-state index contributed by atoms with van der Waals surface area (Å²) in [5.41, 5.74) is 6.12. The number of hydrogen-bond acceptors (Lipinski definition) is 2. The second-order valence-corrected chi connectivity index (χ2v) is 5.19. The van der Waals surface area contributed by atoms with Gasteiger partial charge in [0, 0.05) is 18.6 Å². The fourth-order valence-corrected chi connectivity index (χ4v) is 2.76. The minimum absolute atomic E-state index is 0.461. The standard InChI is InChI=1S/C12H24N2/c1-3-10-8-14(7-6-12(10)13)9(2)11-4-5-11/h9-12H,3-8,13H2,1-2H3. The first kappa shape index (κ1) is 10.4. The molecule has 1 saturated heterocycles. The van der Waals surface area contributed by atoms with Crippen molar-refractivity contribution >= 4 is 0 Å². The maximum atomic E-state index is 6.12. The van der Waals surface area contributed by atoms with Crippen LogP contribution in [0.4, 0.5) is 0 Å². The highest BCUT2D eigenvalue weighted by Crippen LogP contribution is 2.36. The lowest BCUT2D eigenvalue weighted by atomic mass is 9.89. The highest BCUT2D eigenvalue weighted by Gasteiger charge is 2.35. The van der Waals surface area contributed by atoms with E-state index in [0.717, 1.165) is 17.9 Å². The number of likely N-dealkylation sites (tertiary alicyclic amines) is 1. The minimum Gasteiger partial charge on any atom is -0.327 e. The van der Waals surface area contributed by atoms with Crippen molar-refractivity contribution in [3.8, 4) is 0 Å². The van der Waals surface area contributed by atoms with Crippen LogP contribution >= 0.6 is 0 Å². The van der Waals surface area contributed by atoms with Gasteiger partial charge >= 0.3 is 0 Å². The molecule has 0 bridgehead atoms. The fourth-order valence-electron chi connectivity index (χ4n) is 2.76. The van der Waals surface area contributed by atoms with Crippen molar-refractivity contribution in [2.45, 2.75) is 51.6 Å². The van der Waals surface area contributed by atoms with E-state index in [-0.39, 0.29) is 0 Å². The first-order valence-electron chi connectivity index (χ1n) is 6.22. The second kappa shape index (κ2) is 4.19. The molecule has 2 N–H and O–H groups in total. The first-order valence-corrected chi connectivity index (χ1v) is 6.22. The Balaban J connectivity index is 1.88. The van der Waals surface area contributed by atoms with Gasteiger partial charge in [-0.15, -0.1) is 0 Å². The van der Waals surface area contributed by atoms with E-state index in [0.29, 0.717) is 6.04 Å². The zero-order valence-corrected chi connectivity index (χ0v) is 9.58. The summed E-state index contributed by atoms with van der Waals surface area (Å²) < 4.78 is 0. The summed E-state index contributed by atoms with van der Waals surface area (Å²) in [4.78, 5) is 2.68. The summed E-state index contributed by atoms with van der Waals surface area (Å²) in [5.74, 6) is 1.74. The fraction of sp³-hybridized carbons (Fsp3) is 1.00. The molecule has 1 aliphatic carbocycles. The van der Waals surface area contributed by atoms with Crippen molar-refractivity contribution in [1.82, 2.24) is 4.90 Å². The zero-order valence-electron chi connectivity index (χ0n) is 9.58. The molecular formula is C12H24N2. The molecule has 0 radical (unpaired) electrons. The van der Waals surface area contributed by atoms with Crippen molar-refractivity contribution < 1.29 is 0 Å². The Morgan fingerprint density at radius 2 is 2.07 bits per heavy atom. The highest BCUT2D eigenvalue weighted by molar-refractivity contribution is 4.90. The third-order valence-electron chi connectivity index (χ3n) is 4.23. The Hall–Kier alpha value is -0.0800. The molecule has 2 aliphatic rings. The Morgan fingerprint density at radius 3 is 2.64 bits per heavy atom. The summed E-state index contributed by atoms with van der Waals surface area (Å²) in [7, 11) is 0. The Morgan fingerprint density at radius 1 is 1.36 bits per heavy atom. The lowest BCUT2D eigenvalue weighted by Gasteiger charge is -2.40. The molecule has 0 aromatic rings. The lowest BCUT2D eigenvalue weighted by Crippen LogP contribution is -2.50. The molecule has 3 atom stereocenters. The van der Waals surface area contributed by atoms with Crippen LogP contribution in [0.25, 0.3) is 0 Å². The molecule has 0 spiro atoms. The largest absolute Gasteiger partial charge is 0.327 e. The molecule has 0 amide bonds. The van der Waals surface area contributed by atoms with E-state index in [2.05, 4.69) is 18.7 Å². The molecule has 3 unspecified atom stereocenters. The highest BCUT2D eigenvalue weighted by atomic mass is 15.2. The molecule has 14 heavy (non-hydrogen) atoms. The molecule has 0 aromatic heterocycles. The van der Waals surface area contributed by atoms with Crippen LogP contribution in [0, 0.1) is 11.8 Å². The zero-order chi connectivity index (χ0) is 10.1. The van der Waals surface area contributed by atoms with Gasteiger partial charge in [0.25, 0.3) is 0 Å². The summed E-state index contributed by atoms with van der Waals surface area (Å²) in [5, 5.41) is 0. The summed E-state index contributed by atoms with van der Waals surface area (Å²) in [6.45, 7) is 7.15. The van der Waals surface area contributed by atoms with E-state index in [1.165, 1.54) is 38.8 Å². The predicted molar refractivity (Wildman–Crippen MR) is 60.1 cm³/mol. The summed E-state index contributed by atoms with van der Waals surface area (Å²) in [6.07, 6.45) is 5.37. The molecule has 1 heterocycles. The Labute approximate surface area is 87.8 Å². The maximum absolute atomic E-state index is 6.12. The molecule has 1 saturated carbocycles. The van der Waals surface area contributed by atoms with Gasteiger partial charge in [0.2, 0.25) is 0 Å². The van der Waals surface area contributed by atoms with Gasteiger partial charge in [-0.3, -0.25) is 4.90 Å². The van der Waals surface area contributed by atoms with Gasteiger partial charge in [-0.05, 0) is 44.6 Å². The lowest BCUT2D eigenvalue weighted by molar-refractivity contribution is 0.104. The predicted octanol–water partition coefficient (Wildman–Crippen LogP) is 1.84. The topological polar surface area (TPSA) is 29.3 Å². The van der Waals surface area contributed by atoms with E-state index < -0.39 is 0 Å². The normalized spacial score (nSPS) is 37.1. The molecular weight excluding hydrogens is 172 g/mol. The summed E-state index contributed by atoms with van der Waals surface area (Å²) >= 11 is 0. The average molecular weight is 196 g/mol. The van der Waals surface area contributed by atoms with Crippen molar-refractivity contribution in [2.75, 3.05) is 13.1 Å². The minimum atomic E-state index is 0.461. The summed E-state index contributed by atoms with van der Waals surface area (Å²) in [6, 6.07) is 1.28. The van der Waals surface area contributed by atoms with Crippen LogP contribution in [0.15, 0.2) is 0 Å². The Bertz CT molecular complexity index is 189. The van der Waals surface area contributed by atoms with E-state index in [4.69, 9.17) is 5.73 Å². The van der Waals surface area contributed by atoms with Crippen LogP contribution in [0.5, 0.6) is 0 Å². The number of piperidine rings is 1. The van der Waals surface area contributed by atoms with E-state index in [9.17, 15) is 0 Å². The van der Waals surface area contributed by atoms with Crippen LogP contribution in [0.3, 0.4) is 0 Å². The number of nitrogens with zero attached hydrogens (tertiary/aromatic N) is 1. The van der Waals surface area contributed by atoms with Gasteiger partial charge in [-0.1, -0.05) is 13.3 Å². The van der Waals surface area contributed by atoms with Crippen molar-refractivity contribution in [1.29, 1.82) is 0 Å². The van der Waals surface area contributed by atoms with Crippen LogP contribution in [-0.4, -0.2) is 30.1 Å². The number of nitrogens with two attached hydrogens (primary N) is 1. The molecule has 1 aliphatic heterocycles. The van der Waals surface area contributed by atoms with Gasteiger partial charge in [0.05, 0.1) is 0 Å². The molecule has 2 fully saturated rings. The Kier molecular flexibility index (Phi) is 3.13. The second-order valence-electron chi connectivity index (χ2n) is 5.19. The SMILES string of the molecule is CCC1CN(C(C)C2CC2)CCC1N. The van der Waals surface area contributed by atoms with Crippen LogP contribution in [0.2, 0.25) is 0 Å². The average Bonchev–Trinajstić information content (AvgIpc) is 3.01. The van der Waals surface area contributed by atoms with E-state index >= 15 is 0 Å². The number of rotatable bonds is 3. The molecule has 82 valence electrons. The number of hydrogen-bond donors (Lipinski definition) is 1.